The molecule has 2 aliphatic heterocycles. The Bertz CT molecular complexity index is 3080. The summed E-state index contributed by atoms with van der Waals surface area (Å²) in [6.45, 7) is 24.5. The Balaban J connectivity index is 1.24. The quantitative estimate of drug-likeness (QED) is 0.165. The Labute approximate surface area is 376 Å². The molecule has 63 heavy (non-hydrogen) atoms. The summed E-state index contributed by atoms with van der Waals surface area (Å²) >= 11 is 0. The molecule has 7 aromatic rings. The lowest BCUT2D eigenvalue weighted by atomic mass is 9.33. The Hall–Kier alpha value is -5.22. The van der Waals surface area contributed by atoms with Crippen molar-refractivity contribution < 1.29 is 4.42 Å². The third-order valence-corrected chi connectivity index (χ3v) is 16.9. The van der Waals surface area contributed by atoms with E-state index >= 15 is 0 Å². The van der Waals surface area contributed by atoms with E-state index in [4.69, 9.17) is 4.42 Å². The van der Waals surface area contributed by atoms with Crippen LogP contribution in [-0.2, 0) is 21.7 Å². The van der Waals surface area contributed by atoms with Crippen molar-refractivity contribution in [3.8, 4) is 0 Å². The molecule has 0 amide bonds. The van der Waals surface area contributed by atoms with Gasteiger partial charge in [0.1, 0.15) is 11.2 Å². The molecule has 0 saturated heterocycles. The summed E-state index contributed by atoms with van der Waals surface area (Å²) in [5.41, 5.74) is 24.4. The summed E-state index contributed by atoms with van der Waals surface area (Å²) < 4.78 is 6.80. The molecule has 3 aliphatic carbocycles. The lowest BCUT2D eigenvalue weighted by molar-refractivity contribution is 0.332. The molecule has 5 aliphatic rings. The van der Waals surface area contributed by atoms with Gasteiger partial charge in [-0.2, -0.15) is 0 Å². The van der Waals surface area contributed by atoms with E-state index in [0.29, 0.717) is 5.92 Å². The zero-order chi connectivity index (χ0) is 43.5. The van der Waals surface area contributed by atoms with Gasteiger partial charge in [-0.15, -0.1) is 0 Å². The molecule has 3 nitrogen and oxygen atoms in total. The maximum Gasteiger partial charge on any atom is 0.252 e. The van der Waals surface area contributed by atoms with Gasteiger partial charge in [0.25, 0.3) is 6.71 Å². The fourth-order valence-electron chi connectivity index (χ4n) is 13.7. The van der Waals surface area contributed by atoms with Crippen LogP contribution in [0.15, 0.2) is 101 Å². The first-order chi connectivity index (χ1) is 30.0. The van der Waals surface area contributed by atoms with Gasteiger partial charge in [-0.25, -0.2) is 0 Å². The molecule has 12 rings (SSSR count). The van der Waals surface area contributed by atoms with Crippen molar-refractivity contribution in [1.29, 1.82) is 0 Å². The van der Waals surface area contributed by atoms with Crippen molar-refractivity contribution in [2.75, 3.05) is 9.80 Å². The topological polar surface area (TPSA) is 19.6 Å². The van der Waals surface area contributed by atoms with Crippen LogP contribution in [-0.4, -0.2) is 6.71 Å². The average molecular weight is 827 g/mol. The summed E-state index contributed by atoms with van der Waals surface area (Å²) in [4.78, 5) is 5.43. The fourth-order valence-corrected chi connectivity index (χ4v) is 13.7. The Morgan fingerprint density at radius 1 is 0.492 bits per heavy atom. The first-order valence-corrected chi connectivity index (χ1v) is 24.2. The maximum atomic E-state index is 6.80. The molecule has 0 atom stereocenters. The monoisotopic (exact) mass is 827 g/mol. The second-order valence-electron chi connectivity index (χ2n) is 23.1. The molecule has 6 aromatic carbocycles. The van der Waals surface area contributed by atoms with Gasteiger partial charge < -0.3 is 14.2 Å². The average Bonchev–Trinajstić information content (AvgIpc) is 3.70. The normalized spacial score (nSPS) is 20.1. The second-order valence-corrected chi connectivity index (χ2v) is 23.1. The molecule has 0 N–H and O–H groups in total. The van der Waals surface area contributed by atoms with Gasteiger partial charge in [-0.05, 0) is 177 Å². The molecule has 0 radical (unpaired) electrons. The van der Waals surface area contributed by atoms with Gasteiger partial charge in [0, 0.05) is 44.9 Å². The van der Waals surface area contributed by atoms with Crippen LogP contribution in [0.5, 0.6) is 0 Å². The van der Waals surface area contributed by atoms with Crippen molar-refractivity contribution in [1.82, 2.24) is 0 Å². The van der Waals surface area contributed by atoms with E-state index in [1.807, 2.05) is 0 Å². The fraction of sp³-hybridized carbons (Fsp3) is 0.390. The maximum absolute atomic E-state index is 6.80. The van der Waals surface area contributed by atoms with E-state index < -0.39 is 0 Å². The molecule has 1 aromatic heterocycles. The van der Waals surface area contributed by atoms with E-state index in [2.05, 4.69) is 176 Å². The SMILES string of the molecule is Cc1ccccc1N1c2cc3c(cc2B2c4cc5c(cc4N(c4cc6c(cc4C)C(C)(C)CCC6(C)C)c4cc(C6CCCCC6)cc1c42)C(C)(C)CC5(C)C)oc1ccccc13. The van der Waals surface area contributed by atoms with E-state index in [0.717, 1.165) is 17.6 Å². The van der Waals surface area contributed by atoms with Crippen LogP contribution in [0.2, 0.25) is 0 Å². The molecule has 0 spiro atoms. The van der Waals surface area contributed by atoms with Crippen molar-refractivity contribution >= 4 is 79.2 Å². The molecule has 4 heteroatoms. The van der Waals surface area contributed by atoms with Crippen LogP contribution in [0.1, 0.15) is 152 Å². The molecule has 1 fully saturated rings. The van der Waals surface area contributed by atoms with E-state index in [1.54, 1.807) is 0 Å². The van der Waals surface area contributed by atoms with Crippen LogP contribution >= 0.6 is 0 Å². The van der Waals surface area contributed by atoms with Crippen molar-refractivity contribution in [2.24, 2.45) is 0 Å². The summed E-state index contributed by atoms with van der Waals surface area (Å²) in [6.07, 6.45) is 9.96. The highest BCUT2D eigenvalue weighted by atomic mass is 16.3. The number of nitrogens with zero attached hydrogens (tertiary/aromatic N) is 2. The minimum absolute atomic E-state index is 0.0210. The first kappa shape index (κ1) is 39.4. The second kappa shape index (κ2) is 13.2. The highest BCUT2D eigenvalue weighted by Gasteiger charge is 2.49. The van der Waals surface area contributed by atoms with Crippen LogP contribution in [0.4, 0.5) is 34.1 Å². The van der Waals surface area contributed by atoms with Crippen LogP contribution in [0.25, 0.3) is 21.9 Å². The lowest BCUT2D eigenvalue weighted by Gasteiger charge is -2.47. The van der Waals surface area contributed by atoms with Gasteiger partial charge >= 0.3 is 0 Å². The van der Waals surface area contributed by atoms with Crippen molar-refractivity contribution in [3.63, 3.8) is 0 Å². The highest BCUT2D eigenvalue weighted by molar-refractivity contribution is 7.00. The van der Waals surface area contributed by atoms with E-state index in [9.17, 15) is 0 Å². The minimum atomic E-state index is 0.0210. The van der Waals surface area contributed by atoms with Crippen molar-refractivity contribution in [3.05, 3.63) is 136 Å². The molecular weight excluding hydrogens is 763 g/mol. The molecule has 3 heterocycles. The Morgan fingerprint density at radius 2 is 1.06 bits per heavy atom. The van der Waals surface area contributed by atoms with Gasteiger partial charge in [-0.3, -0.25) is 0 Å². The number of hydrogen-bond donors (Lipinski definition) is 0. The molecule has 1 saturated carbocycles. The third-order valence-electron chi connectivity index (χ3n) is 16.9. The van der Waals surface area contributed by atoms with Crippen molar-refractivity contribution in [2.45, 2.75) is 148 Å². The lowest BCUT2D eigenvalue weighted by Crippen LogP contribution is -2.61. The first-order valence-electron chi connectivity index (χ1n) is 24.2. The summed E-state index contributed by atoms with van der Waals surface area (Å²) in [5, 5.41) is 2.35. The standard InChI is InChI=1S/C59H63BN2O/c1-35-18-14-16-22-47(35)61-49-29-40-39-21-15-17-23-53(39)63-54(40)33-46(49)60-45-30-42-44(59(9,10)34-58(42,7)8)32-50(45)62(52-28-38(27-51(61)55(52)60)37-19-12-11-13-20-37)48-31-43-41(26-36(48)2)56(3,4)24-25-57(43,5)6/h14-18,21-23,26-33,37H,11-13,19-20,24-25,34H2,1-10H3. The third kappa shape index (κ3) is 5.64. The smallest absolute Gasteiger partial charge is 0.252 e. The zero-order valence-electron chi connectivity index (χ0n) is 39.4. The largest absolute Gasteiger partial charge is 0.456 e. The molecule has 0 unspecified atom stereocenters. The highest BCUT2D eigenvalue weighted by Crippen LogP contribution is 2.55. The minimum Gasteiger partial charge on any atom is -0.456 e. The summed E-state index contributed by atoms with van der Waals surface area (Å²) in [5.74, 6) is 0.534. The van der Waals surface area contributed by atoms with Gasteiger partial charge in [0.15, 0.2) is 0 Å². The predicted octanol–water partition coefficient (Wildman–Crippen LogP) is 14.6. The number of furan rings is 1. The van der Waals surface area contributed by atoms with Crippen LogP contribution < -0.4 is 26.2 Å². The van der Waals surface area contributed by atoms with E-state index in [-0.39, 0.29) is 28.4 Å². The number of fused-ring (bicyclic) bond motifs is 9. The number of rotatable bonds is 3. The summed E-state index contributed by atoms with van der Waals surface area (Å²) in [7, 11) is 0. The summed E-state index contributed by atoms with van der Waals surface area (Å²) in [6, 6.07) is 38.4. The van der Waals surface area contributed by atoms with Crippen LogP contribution in [0, 0.1) is 13.8 Å². The van der Waals surface area contributed by atoms with Gasteiger partial charge in [0.05, 0.1) is 0 Å². The number of aryl methyl sites for hydroxylation is 2. The van der Waals surface area contributed by atoms with Gasteiger partial charge in [-0.1, -0.05) is 123 Å². The number of para-hydroxylation sites is 2. The number of benzene rings is 6. The van der Waals surface area contributed by atoms with Gasteiger partial charge in [0.2, 0.25) is 0 Å². The molecule has 0 bridgehead atoms. The zero-order valence-corrected chi connectivity index (χ0v) is 39.4. The Kier molecular flexibility index (Phi) is 8.24. The van der Waals surface area contributed by atoms with E-state index in [1.165, 1.54) is 145 Å². The molecule has 318 valence electrons. The number of hydrogen-bond acceptors (Lipinski definition) is 3. The molecular formula is C59H63BN2O. The Morgan fingerprint density at radius 3 is 1.78 bits per heavy atom. The number of anilines is 6. The predicted molar refractivity (Wildman–Crippen MR) is 269 cm³/mol. The van der Waals surface area contributed by atoms with Crippen LogP contribution in [0.3, 0.4) is 0 Å².